The first-order valence-electron chi connectivity index (χ1n) is 10.4. The van der Waals surface area contributed by atoms with Crippen LogP contribution in [0.15, 0.2) is 95.5 Å². The number of fused-ring (bicyclic) bond motifs is 1. The molecule has 0 fully saturated rings. The van der Waals surface area contributed by atoms with Crippen LogP contribution in [0.5, 0.6) is 5.75 Å². The summed E-state index contributed by atoms with van der Waals surface area (Å²) in [5.41, 5.74) is 2.74. The lowest BCUT2D eigenvalue weighted by Gasteiger charge is -2.20. The number of benzene rings is 4. The number of nitrogens with one attached hydrogen (secondary N) is 1. The molecule has 1 atom stereocenters. The average Bonchev–Trinajstić information content (AvgIpc) is 2.80. The minimum Gasteiger partial charge on any atom is -0.494 e. The number of ether oxygens (including phenoxy) is 1. The number of anilines is 1. The molecule has 0 spiro atoms. The SMILES string of the molecule is CCOc1ccc(NC(CC(=O)c2ccc3ccccc3c2)c2ccc(Br)cc2)cc1. The summed E-state index contributed by atoms with van der Waals surface area (Å²) in [6, 6.07) is 29.8. The molecular weight excluding hydrogens is 450 g/mol. The van der Waals surface area contributed by atoms with E-state index in [9.17, 15) is 4.79 Å². The number of Topliss-reactive ketones (excluding diaryl/α,β-unsaturated/α-hetero) is 1. The van der Waals surface area contributed by atoms with Crippen molar-refractivity contribution in [2.75, 3.05) is 11.9 Å². The highest BCUT2D eigenvalue weighted by Crippen LogP contribution is 2.28. The lowest BCUT2D eigenvalue weighted by atomic mass is 9.96. The normalized spacial score (nSPS) is 11.8. The lowest BCUT2D eigenvalue weighted by molar-refractivity contribution is 0.0976. The van der Waals surface area contributed by atoms with Crippen LogP contribution in [0.2, 0.25) is 0 Å². The monoisotopic (exact) mass is 473 g/mol. The molecule has 0 saturated heterocycles. The van der Waals surface area contributed by atoms with Crippen molar-refractivity contribution in [2.45, 2.75) is 19.4 Å². The first-order chi connectivity index (χ1) is 15.1. The van der Waals surface area contributed by atoms with Gasteiger partial charge in [0.1, 0.15) is 5.75 Å². The smallest absolute Gasteiger partial charge is 0.165 e. The Hall–Kier alpha value is -3.11. The number of ketones is 1. The maximum atomic E-state index is 13.2. The fourth-order valence-electron chi connectivity index (χ4n) is 3.63. The van der Waals surface area contributed by atoms with E-state index in [4.69, 9.17) is 4.74 Å². The molecule has 0 aliphatic carbocycles. The van der Waals surface area contributed by atoms with Crippen molar-refractivity contribution in [1.29, 1.82) is 0 Å². The molecule has 0 aliphatic heterocycles. The predicted molar refractivity (Wildman–Crippen MR) is 131 cm³/mol. The second-order valence-corrected chi connectivity index (χ2v) is 8.31. The maximum Gasteiger partial charge on any atom is 0.165 e. The number of rotatable bonds is 8. The Morgan fingerprint density at radius 1 is 0.903 bits per heavy atom. The van der Waals surface area contributed by atoms with Gasteiger partial charge in [-0.15, -0.1) is 0 Å². The van der Waals surface area contributed by atoms with E-state index in [1.54, 1.807) is 0 Å². The lowest BCUT2D eigenvalue weighted by Crippen LogP contribution is -2.16. The van der Waals surface area contributed by atoms with Gasteiger partial charge in [0.05, 0.1) is 12.6 Å². The fourth-order valence-corrected chi connectivity index (χ4v) is 3.89. The minimum atomic E-state index is -0.148. The summed E-state index contributed by atoms with van der Waals surface area (Å²) in [5.74, 6) is 0.942. The van der Waals surface area contributed by atoms with Gasteiger partial charge in [-0.05, 0) is 65.7 Å². The van der Waals surface area contributed by atoms with Crippen LogP contribution in [-0.4, -0.2) is 12.4 Å². The highest BCUT2D eigenvalue weighted by atomic mass is 79.9. The quantitative estimate of drug-likeness (QED) is 0.270. The third kappa shape index (κ3) is 5.33. The van der Waals surface area contributed by atoms with Crippen molar-refractivity contribution in [3.8, 4) is 5.75 Å². The van der Waals surface area contributed by atoms with Gasteiger partial charge in [0.15, 0.2) is 5.78 Å². The molecule has 0 aromatic heterocycles. The average molecular weight is 474 g/mol. The number of halogens is 1. The standard InChI is InChI=1S/C27H24BrNO2/c1-2-31-25-15-13-24(14-16-25)29-26(20-9-11-23(28)12-10-20)18-27(30)22-8-7-19-5-3-4-6-21(19)17-22/h3-17,26,29H,2,18H2,1H3. The Morgan fingerprint density at radius 3 is 2.32 bits per heavy atom. The molecule has 156 valence electrons. The van der Waals surface area contributed by atoms with Crippen LogP contribution >= 0.6 is 15.9 Å². The second kappa shape index (κ2) is 9.80. The van der Waals surface area contributed by atoms with Gasteiger partial charge in [0.25, 0.3) is 0 Å². The zero-order chi connectivity index (χ0) is 21.6. The van der Waals surface area contributed by atoms with E-state index in [0.29, 0.717) is 13.0 Å². The summed E-state index contributed by atoms with van der Waals surface area (Å²) in [5, 5.41) is 5.74. The molecule has 4 aromatic carbocycles. The third-order valence-electron chi connectivity index (χ3n) is 5.24. The van der Waals surface area contributed by atoms with Gasteiger partial charge in [0, 0.05) is 22.1 Å². The van der Waals surface area contributed by atoms with E-state index >= 15 is 0 Å². The Morgan fingerprint density at radius 2 is 1.61 bits per heavy atom. The number of hydrogen-bond donors (Lipinski definition) is 1. The van der Waals surface area contributed by atoms with Crippen molar-refractivity contribution in [1.82, 2.24) is 0 Å². The van der Waals surface area contributed by atoms with E-state index in [1.165, 1.54) is 0 Å². The van der Waals surface area contributed by atoms with Gasteiger partial charge in [-0.25, -0.2) is 0 Å². The van der Waals surface area contributed by atoms with Crippen molar-refractivity contribution >= 4 is 38.2 Å². The van der Waals surface area contributed by atoms with Crippen LogP contribution in [0.3, 0.4) is 0 Å². The molecule has 0 bridgehead atoms. The highest BCUT2D eigenvalue weighted by Gasteiger charge is 2.18. The van der Waals surface area contributed by atoms with Crippen LogP contribution in [-0.2, 0) is 0 Å². The Bertz CT molecular complexity index is 1170. The first-order valence-corrected chi connectivity index (χ1v) is 11.2. The zero-order valence-corrected chi connectivity index (χ0v) is 18.9. The van der Waals surface area contributed by atoms with Crippen LogP contribution in [0.25, 0.3) is 10.8 Å². The first kappa shape index (κ1) is 21.1. The summed E-state index contributed by atoms with van der Waals surface area (Å²) in [4.78, 5) is 13.2. The van der Waals surface area contributed by atoms with Crippen molar-refractivity contribution in [3.63, 3.8) is 0 Å². The Balaban J connectivity index is 1.58. The van der Waals surface area contributed by atoms with Crippen LogP contribution in [0.4, 0.5) is 5.69 Å². The Labute approximate surface area is 191 Å². The molecule has 0 aliphatic rings. The van der Waals surface area contributed by atoms with Gasteiger partial charge in [-0.2, -0.15) is 0 Å². The van der Waals surface area contributed by atoms with Gasteiger partial charge in [-0.1, -0.05) is 64.5 Å². The molecular formula is C27H24BrNO2. The van der Waals surface area contributed by atoms with E-state index < -0.39 is 0 Å². The van der Waals surface area contributed by atoms with E-state index in [0.717, 1.165) is 37.8 Å². The number of hydrogen-bond acceptors (Lipinski definition) is 3. The zero-order valence-electron chi connectivity index (χ0n) is 17.3. The molecule has 0 saturated carbocycles. The molecule has 4 rings (SSSR count). The van der Waals surface area contributed by atoms with E-state index in [1.807, 2.05) is 91.9 Å². The molecule has 3 nitrogen and oxygen atoms in total. The molecule has 4 heteroatoms. The molecule has 1 N–H and O–H groups in total. The summed E-state index contributed by atoms with van der Waals surface area (Å²) in [7, 11) is 0. The predicted octanol–water partition coefficient (Wildman–Crippen LogP) is 7.43. The summed E-state index contributed by atoms with van der Waals surface area (Å²) in [6.07, 6.45) is 0.354. The summed E-state index contributed by atoms with van der Waals surface area (Å²) in [6.45, 7) is 2.60. The van der Waals surface area contributed by atoms with E-state index in [-0.39, 0.29) is 11.8 Å². The van der Waals surface area contributed by atoms with E-state index in [2.05, 4.69) is 27.3 Å². The maximum absolute atomic E-state index is 13.2. The molecule has 0 heterocycles. The summed E-state index contributed by atoms with van der Waals surface area (Å²) >= 11 is 3.49. The topological polar surface area (TPSA) is 38.3 Å². The van der Waals surface area contributed by atoms with Gasteiger partial charge >= 0.3 is 0 Å². The van der Waals surface area contributed by atoms with Crippen LogP contribution in [0.1, 0.15) is 35.3 Å². The van der Waals surface area contributed by atoms with Crippen molar-refractivity contribution < 1.29 is 9.53 Å². The van der Waals surface area contributed by atoms with Crippen molar-refractivity contribution in [2.24, 2.45) is 0 Å². The number of carbonyl (C=O) groups excluding carboxylic acids is 1. The number of carbonyl (C=O) groups is 1. The molecule has 1 unspecified atom stereocenters. The fraction of sp³-hybridized carbons (Fsp3) is 0.148. The van der Waals surface area contributed by atoms with Gasteiger partial charge in [-0.3, -0.25) is 4.79 Å². The Kier molecular flexibility index (Phi) is 6.68. The summed E-state index contributed by atoms with van der Waals surface area (Å²) < 4.78 is 6.55. The largest absolute Gasteiger partial charge is 0.494 e. The molecule has 0 amide bonds. The third-order valence-corrected chi connectivity index (χ3v) is 5.77. The highest BCUT2D eigenvalue weighted by molar-refractivity contribution is 9.10. The molecule has 31 heavy (non-hydrogen) atoms. The molecule has 4 aromatic rings. The van der Waals surface area contributed by atoms with Gasteiger partial charge < -0.3 is 10.1 Å². The van der Waals surface area contributed by atoms with Crippen LogP contribution < -0.4 is 10.1 Å². The second-order valence-electron chi connectivity index (χ2n) is 7.40. The van der Waals surface area contributed by atoms with Crippen LogP contribution in [0, 0.1) is 0 Å². The van der Waals surface area contributed by atoms with Gasteiger partial charge in [0.2, 0.25) is 0 Å². The minimum absolute atomic E-state index is 0.108. The van der Waals surface area contributed by atoms with Crippen molar-refractivity contribution in [3.05, 3.63) is 107 Å². The molecule has 0 radical (unpaired) electrons.